The van der Waals surface area contributed by atoms with Crippen molar-refractivity contribution < 1.29 is 19.1 Å². The average Bonchev–Trinajstić information content (AvgIpc) is 2.36. The van der Waals surface area contributed by atoms with Crippen molar-refractivity contribution in [2.45, 2.75) is 59.5 Å². The van der Waals surface area contributed by atoms with E-state index in [-0.39, 0.29) is 12.1 Å². The molecule has 0 aromatic heterocycles. The average molecular weight is 311 g/mol. The molecule has 1 fully saturated rings. The first-order valence-corrected chi connectivity index (χ1v) is 7.89. The van der Waals surface area contributed by atoms with Crippen LogP contribution >= 0.6 is 0 Å². The van der Waals surface area contributed by atoms with Crippen LogP contribution in [0.2, 0.25) is 0 Å². The second-order valence-electron chi connectivity index (χ2n) is 7.14. The van der Waals surface area contributed by atoms with Crippen molar-refractivity contribution in [1.82, 2.24) is 4.90 Å². The van der Waals surface area contributed by atoms with Crippen LogP contribution in [0.15, 0.2) is 12.2 Å². The third-order valence-corrected chi connectivity index (χ3v) is 3.58. The zero-order valence-corrected chi connectivity index (χ0v) is 14.5. The van der Waals surface area contributed by atoms with Crippen LogP contribution in [0, 0.1) is 5.41 Å². The molecule has 22 heavy (non-hydrogen) atoms. The lowest BCUT2D eigenvalue weighted by Gasteiger charge is -2.41. The molecule has 0 aliphatic carbocycles. The number of nitrogens with zero attached hydrogens (tertiary/aromatic N) is 1. The van der Waals surface area contributed by atoms with Crippen LogP contribution in [0.4, 0.5) is 4.79 Å². The summed E-state index contributed by atoms with van der Waals surface area (Å²) in [6.07, 6.45) is 1.62. The van der Waals surface area contributed by atoms with E-state index < -0.39 is 11.0 Å². The molecule has 0 aromatic rings. The summed E-state index contributed by atoms with van der Waals surface area (Å²) >= 11 is 0. The van der Waals surface area contributed by atoms with Gasteiger partial charge in [0.25, 0.3) is 0 Å². The summed E-state index contributed by atoms with van der Waals surface area (Å²) in [7, 11) is 0. The number of hydrogen-bond acceptors (Lipinski definition) is 4. The Balaban J connectivity index is 2.92. The van der Waals surface area contributed by atoms with Crippen molar-refractivity contribution in [3.05, 3.63) is 12.2 Å². The van der Waals surface area contributed by atoms with Gasteiger partial charge in [0.1, 0.15) is 5.60 Å². The summed E-state index contributed by atoms with van der Waals surface area (Å²) < 4.78 is 10.7. The molecule has 1 saturated heterocycles. The Morgan fingerprint density at radius 1 is 1.32 bits per heavy atom. The van der Waals surface area contributed by atoms with Crippen LogP contribution < -0.4 is 0 Å². The number of amides is 1. The molecule has 0 spiro atoms. The highest BCUT2D eigenvalue weighted by Crippen LogP contribution is 2.37. The standard InChI is InChI=1S/C17H29NO4/c1-7-21-14(19)17(11-13(2)3)9-8-10-18(12-17)15(20)22-16(4,5)6/h2,7-12H2,1,3-6H3. The van der Waals surface area contributed by atoms with E-state index in [0.29, 0.717) is 32.5 Å². The molecule has 0 radical (unpaired) electrons. The molecular weight excluding hydrogens is 282 g/mol. The van der Waals surface area contributed by atoms with Crippen LogP contribution in [-0.4, -0.2) is 42.3 Å². The number of carbonyl (C=O) groups is 2. The molecular formula is C17H29NO4. The molecule has 0 aromatic carbocycles. The first kappa shape index (κ1) is 18.5. The molecule has 0 saturated carbocycles. The molecule has 5 heteroatoms. The van der Waals surface area contributed by atoms with Gasteiger partial charge in [-0.05, 0) is 53.9 Å². The molecule has 1 aliphatic heterocycles. The van der Waals surface area contributed by atoms with Gasteiger partial charge in [0.05, 0.1) is 12.0 Å². The fraction of sp³-hybridized carbons (Fsp3) is 0.765. The molecule has 1 atom stereocenters. The normalized spacial score (nSPS) is 22.1. The quantitative estimate of drug-likeness (QED) is 0.588. The van der Waals surface area contributed by atoms with Crippen LogP contribution in [0.1, 0.15) is 53.9 Å². The predicted molar refractivity (Wildman–Crippen MR) is 85.5 cm³/mol. The van der Waals surface area contributed by atoms with E-state index in [1.54, 1.807) is 11.8 Å². The van der Waals surface area contributed by atoms with Crippen LogP contribution in [0.3, 0.4) is 0 Å². The van der Waals surface area contributed by atoms with Gasteiger partial charge in [-0.25, -0.2) is 4.79 Å². The van der Waals surface area contributed by atoms with Crippen molar-refractivity contribution in [1.29, 1.82) is 0 Å². The SMILES string of the molecule is C=C(C)CC1(C(=O)OCC)CCCN(C(=O)OC(C)(C)C)C1. The molecule has 126 valence electrons. The van der Waals surface area contributed by atoms with Gasteiger partial charge >= 0.3 is 12.1 Å². The highest BCUT2D eigenvalue weighted by Gasteiger charge is 2.45. The molecule has 5 nitrogen and oxygen atoms in total. The van der Waals surface area contributed by atoms with E-state index in [1.165, 1.54) is 0 Å². The Morgan fingerprint density at radius 2 is 1.95 bits per heavy atom. The fourth-order valence-corrected chi connectivity index (χ4v) is 2.86. The number of carbonyl (C=O) groups excluding carboxylic acids is 2. The summed E-state index contributed by atoms with van der Waals surface area (Å²) in [6.45, 7) is 14.4. The second kappa shape index (κ2) is 7.16. The largest absolute Gasteiger partial charge is 0.466 e. The van der Waals surface area contributed by atoms with E-state index in [9.17, 15) is 9.59 Å². The number of likely N-dealkylation sites (tertiary alicyclic amines) is 1. The van der Waals surface area contributed by atoms with Gasteiger partial charge < -0.3 is 14.4 Å². The Bertz CT molecular complexity index is 438. The molecule has 0 bridgehead atoms. The molecule has 1 unspecified atom stereocenters. The van der Waals surface area contributed by atoms with Gasteiger partial charge in [-0.2, -0.15) is 0 Å². The Labute approximate surface area is 133 Å². The maximum Gasteiger partial charge on any atom is 0.410 e. The lowest BCUT2D eigenvalue weighted by atomic mass is 9.75. The summed E-state index contributed by atoms with van der Waals surface area (Å²) in [4.78, 5) is 26.4. The number of allylic oxidation sites excluding steroid dienone is 1. The van der Waals surface area contributed by atoms with Crippen molar-refractivity contribution in [2.75, 3.05) is 19.7 Å². The highest BCUT2D eigenvalue weighted by molar-refractivity contribution is 5.79. The number of piperidine rings is 1. The monoisotopic (exact) mass is 311 g/mol. The van der Waals surface area contributed by atoms with Gasteiger partial charge in [-0.1, -0.05) is 5.57 Å². The minimum Gasteiger partial charge on any atom is -0.466 e. The summed E-state index contributed by atoms with van der Waals surface area (Å²) in [6, 6.07) is 0. The van der Waals surface area contributed by atoms with Gasteiger partial charge in [0, 0.05) is 13.1 Å². The fourth-order valence-electron chi connectivity index (χ4n) is 2.86. The van der Waals surface area contributed by atoms with E-state index >= 15 is 0 Å². The third-order valence-electron chi connectivity index (χ3n) is 3.58. The molecule has 0 N–H and O–H groups in total. The van der Waals surface area contributed by atoms with Gasteiger partial charge in [0.15, 0.2) is 0 Å². The zero-order valence-electron chi connectivity index (χ0n) is 14.5. The van der Waals surface area contributed by atoms with E-state index in [1.807, 2.05) is 27.7 Å². The second-order valence-corrected chi connectivity index (χ2v) is 7.14. The third kappa shape index (κ3) is 5.04. The highest BCUT2D eigenvalue weighted by atomic mass is 16.6. The van der Waals surface area contributed by atoms with Crippen LogP contribution in [0.25, 0.3) is 0 Å². The van der Waals surface area contributed by atoms with E-state index in [4.69, 9.17) is 9.47 Å². The van der Waals surface area contributed by atoms with Crippen molar-refractivity contribution in [2.24, 2.45) is 5.41 Å². The maximum atomic E-state index is 12.5. The first-order valence-electron chi connectivity index (χ1n) is 7.89. The van der Waals surface area contributed by atoms with Crippen molar-refractivity contribution >= 4 is 12.1 Å². The number of rotatable bonds is 4. The molecule has 1 aliphatic rings. The van der Waals surface area contributed by atoms with E-state index in [0.717, 1.165) is 12.0 Å². The Kier molecular flexibility index (Phi) is 6.03. The maximum absolute atomic E-state index is 12.5. The van der Waals surface area contributed by atoms with Crippen molar-refractivity contribution in [3.8, 4) is 0 Å². The Morgan fingerprint density at radius 3 is 2.45 bits per heavy atom. The van der Waals surface area contributed by atoms with Gasteiger partial charge in [-0.15, -0.1) is 6.58 Å². The lowest BCUT2D eigenvalue weighted by molar-refractivity contribution is -0.158. The topological polar surface area (TPSA) is 55.8 Å². The van der Waals surface area contributed by atoms with E-state index in [2.05, 4.69) is 6.58 Å². The van der Waals surface area contributed by atoms with Crippen LogP contribution in [0.5, 0.6) is 0 Å². The lowest BCUT2D eigenvalue weighted by Crippen LogP contribution is -2.51. The number of esters is 1. The summed E-state index contributed by atoms with van der Waals surface area (Å²) in [5.41, 5.74) is -0.328. The predicted octanol–water partition coefficient (Wildman–Crippen LogP) is 3.53. The van der Waals surface area contributed by atoms with Crippen LogP contribution in [-0.2, 0) is 14.3 Å². The molecule has 1 amide bonds. The minimum absolute atomic E-state index is 0.244. The number of ether oxygens (including phenoxy) is 2. The van der Waals surface area contributed by atoms with Gasteiger partial charge in [-0.3, -0.25) is 4.79 Å². The van der Waals surface area contributed by atoms with Gasteiger partial charge in [0.2, 0.25) is 0 Å². The Hall–Kier alpha value is -1.52. The van der Waals surface area contributed by atoms with Crippen molar-refractivity contribution in [3.63, 3.8) is 0 Å². The molecule has 1 rings (SSSR count). The summed E-state index contributed by atoms with van der Waals surface area (Å²) in [5.74, 6) is -0.244. The molecule has 1 heterocycles. The summed E-state index contributed by atoms with van der Waals surface area (Å²) in [5, 5.41) is 0. The minimum atomic E-state index is -0.697. The smallest absolute Gasteiger partial charge is 0.410 e. The number of hydrogen-bond donors (Lipinski definition) is 0. The first-order chi connectivity index (χ1) is 10.1. The zero-order chi connectivity index (χ0) is 17.0.